The van der Waals surface area contributed by atoms with Crippen LogP contribution >= 0.6 is 0 Å². The van der Waals surface area contributed by atoms with Gasteiger partial charge in [-0.3, -0.25) is 19.6 Å². The van der Waals surface area contributed by atoms with Crippen molar-refractivity contribution < 1.29 is 14.3 Å². The number of rotatable bonds is 6. The van der Waals surface area contributed by atoms with Crippen molar-refractivity contribution in [2.45, 2.75) is 44.7 Å². The first-order chi connectivity index (χ1) is 14.6. The van der Waals surface area contributed by atoms with Gasteiger partial charge in [0.2, 0.25) is 5.91 Å². The fraction of sp³-hybridized carbons (Fsp3) is 0.591. The number of carbonyl (C=O) groups is 2. The first-order valence-corrected chi connectivity index (χ1v) is 10.9. The summed E-state index contributed by atoms with van der Waals surface area (Å²) in [4.78, 5) is 28.8. The summed E-state index contributed by atoms with van der Waals surface area (Å²) in [5.74, 6) is 0.00957. The number of nitrogens with zero attached hydrogens (tertiary/aromatic N) is 3. The number of amides is 2. The van der Waals surface area contributed by atoms with Crippen LogP contribution in [0.1, 0.15) is 43.1 Å². The first kappa shape index (κ1) is 20.8. The highest BCUT2D eigenvalue weighted by molar-refractivity contribution is 6.04. The summed E-state index contributed by atoms with van der Waals surface area (Å²) < 4.78 is 5.56. The number of H-pyrrole nitrogens is 1. The van der Waals surface area contributed by atoms with Crippen molar-refractivity contribution >= 4 is 22.7 Å². The molecule has 8 nitrogen and oxygen atoms in total. The molecule has 2 aliphatic heterocycles. The van der Waals surface area contributed by atoms with Crippen LogP contribution in [0.5, 0.6) is 0 Å². The molecule has 0 spiro atoms. The third kappa shape index (κ3) is 4.65. The van der Waals surface area contributed by atoms with E-state index in [1.165, 1.54) is 0 Å². The van der Waals surface area contributed by atoms with Gasteiger partial charge in [0.1, 0.15) is 0 Å². The molecule has 2 aromatic rings. The maximum Gasteiger partial charge on any atom is 0.272 e. The van der Waals surface area contributed by atoms with E-state index in [4.69, 9.17) is 4.74 Å². The zero-order valence-electron chi connectivity index (χ0n) is 17.6. The number of para-hydroxylation sites is 1. The van der Waals surface area contributed by atoms with Gasteiger partial charge < -0.3 is 15.0 Å². The van der Waals surface area contributed by atoms with Crippen LogP contribution in [0.3, 0.4) is 0 Å². The number of nitrogens with one attached hydrogen (secondary N) is 2. The number of likely N-dealkylation sites (tertiary alicyclic amines) is 1. The molecule has 2 amide bonds. The maximum atomic E-state index is 12.7. The van der Waals surface area contributed by atoms with Crippen LogP contribution in [0.25, 0.3) is 10.9 Å². The predicted molar refractivity (Wildman–Crippen MR) is 114 cm³/mol. The van der Waals surface area contributed by atoms with E-state index >= 15 is 0 Å². The number of hydrogen-bond donors (Lipinski definition) is 2. The minimum atomic E-state index is -0.147. The van der Waals surface area contributed by atoms with Crippen LogP contribution in [0, 0.1) is 0 Å². The number of aromatic nitrogens is 2. The Balaban J connectivity index is 1.37. The number of benzene rings is 1. The Morgan fingerprint density at radius 3 is 2.60 bits per heavy atom. The maximum absolute atomic E-state index is 12.7. The van der Waals surface area contributed by atoms with Crippen LogP contribution in [0.2, 0.25) is 0 Å². The smallest absolute Gasteiger partial charge is 0.272 e. The second kappa shape index (κ2) is 9.57. The average molecular weight is 414 g/mol. The summed E-state index contributed by atoms with van der Waals surface area (Å²) in [7, 11) is 0. The van der Waals surface area contributed by atoms with Crippen molar-refractivity contribution in [2.24, 2.45) is 0 Å². The lowest BCUT2D eigenvalue weighted by molar-refractivity contribution is -0.130. The summed E-state index contributed by atoms with van der Waals surface area (Å²) in [5, 5.41) is 11.0. The molecule has 4 rings (SSSR count). The van der Waals surface area contributed by atoms with Crippen molar-refractivity contribution in [1.29, 1.82) is 0 Å². The fourth-order valence-corrected chi connectivity index (χ4v) is 4.71. The topological polar surface area (TPSA) is 90.6 Å². The largest absolute Gasteiger partial charge is 0.381 e. The van der Waals surface area contributed by atoms with Crippen molar-refractivity contribution in [3.63, 3.8) is 0 Å². The van der Waals surface area contributed by atoms with Gasteiger partial charge in [-0.25, -0.2) is 0 Å². The van der Waals surface area contributed by atoms with Crippen molar-refractivity contribution in [3.05, 3.63) is 30.0 Å². The molecule has 0 unspecified atom stereocenters. The Morgan fingerprint density at radius 2 is 1.87 bits per heavy atom. The molecule has 30 heavy (non-hydrogen) atoms. The molecular formula is C22H31N5O3. The second-order valence-electron chi connectivity index (χ2n) is 8.19. The highest BCUT2D eigenvalue weighted by Gasteiger charge is 2.31. The number of fused-ring (bicyclic) bond motifs is 1. The summed E-state index contributed by atoms with van der Waals surface area (Å²) in [6, 6.07) is 8.56. The number of carbonyl (C=O) groups excluding carboxylic acids is 2. The van der Waals surface area contributed by atoms with Crippen molar-refractivity contribution in [2.75, 3.05) is 39.4 Å². The number of piperidine rings is 1. The monoisotopic (exact) mass is 413 g/mol. The van der Waals surface area contributed by atoms with Crippen LogP contribution < -0.4 is 5.32 Å². The average Bonchev–Trinajstić information content (AvgIpc) is 3.22. The van der Waals surface area contributed by atoms with Gasteiger partial charge in [-0.2, -0.15) is 5.10 Å². The highest BCUT2D eigenvalue weighted by atomic mass is 16.5. The molecule has 162 valence electrons. The number of aromatic amines is 1. The summed E-state index contributed by atoms with van der Waals surface area (Å²) >= 11 is 0. The molecule has 8 heteroatoms. The zero-order chi connectivity index (χ0) is 20.9. The van der Waals surface area contributed by atoms with E-state index in [1.807, 2.05) is 29.2 Å². The second-order valence-corrected chi connectivity index (χ2v) is 8.19. The van der Waals surface area contributed by atoms with E-state index in [9.17, 15) is 9.59 Å². The molecule has 1 aromatic carbocycles. The minimum absolute atomic E-state index is 0.147. The van der Waals surface area contributed by atoms with Gasteiger partial charge in [-0.15, -0.1) is 0 Å². The van der Waals surface area contributed by atoms with Crippen LogP contribution in [-0.2, 0) is 9.53 Å². The normalized spacial score (nSPS) is 18.8. The van der Waals surface area contributed by atoms with E-state index in [0.29, 0.717) is 24.3 Å². The fourth-order valence-electron chi connectivity index (χ4n) is 4.71. The molecule has 2 saturated heterocycles. The van der Waals surface area contributed by atoms with Gasteiger partial charge in [0.05, 0.1) is 5.52 Å². The van der Waals surface area contributed by atoms with E-state index in [2.05, 4.69) is 20.4 Å². The van der Waals surface area contributed by atoms with E-state index in [1.54, 1.807) is 6.92 Å². The van der Waals surface area contributed by atoms with Gasteiger partial charge in [-0.05, 0) is 31.7 Å². The lowest BCUT2D eigenvalue weighted by atomic mass is 9.98. The summed E-state index contributed by atoms with van der Waals surface area (Å²) in [6.07, 6.45) is 4.00. The standard InChI is InChI=1S/C22H31N5O3/c1-16(28)26-11-6-17(7-12-26)27(18-8-14-30-15-9-18)13-10-23-22(29)21-19-4-2-3-5-20(19)24-25-21/h2-5,17-18H,6-15H2,1H3,(H,23,29)(H,24,25). The van der Waals surface area contributed by atoms with E-state index in [-0.39, 0.29) is 11.8 Å². The molecule has 2 aliphatic rings. The highest BCUT2D eigenvalue weighted by Crippen LogP contribution is 2.23. The van der Waals surface area contributed by atoms with Crippen LogP contribution in [-0.4, -0.2) is 83.3 Å². The third-order valence-electron chi connectivity index (χ3n) is 6.38. The van der Waals surface area contributed by atoms with Crippen molar-refractivity contribution in [1.82, 2.24) is 25.3 Å². The molecule has 0 aliphatic carbocycles. The van der Waals surface area contributed by atoms with Gasteiger partial charge in [-0.1, -0.05) is 18.2 Å². The number of ether oxygens (including phenoxy) is 1. The first-order valence-electron chi connectivity index (χ1n) is 10.9. The Labute approximate surface area is 176 Å². The molecule has 2 fully saturated rings. The van der Waals surface area contributed by atoms with E-state index < -0.39 is 0 Å². The summed E-state index contributed by atoms with van der Waals surface area (Å²) in [6.45, 7) is 6.22. The van der Waals surface area contributed by atoms with Gasteiger partial charge in [0.25, 0.3) is 5.91 Å². The predicted octanol–water partition coefficient (Wildman–Crippen LogP) is 1.78. The molecule has 0 bridgehead atoms. The Bertz CT molecular complexity index is 869. The minimum Gasteiger partial charge on any atom is -0.381 e. The molecule has 0 saturated carbocycles. The molecule has 2 N–H and O–H groups in total. The zero-order valence-corrected chi connectivity index (χ0v) is 17.6. The molecule has 1 aromatic heterocycles. The van der Waals surface area contributed by atoms with Crippen LogP contribution in [0.4, 0.5) is 0 Å². The van der Waals surface area contributed by atoms with Gasteiger partial charge >= 0.3 is 0 Å². The van der Waals surface area contributed by atoms with Gasteiger partial charge in [0, 0.05) is 63.8 Å². The molecule has 0 radical (unpaired) electrons. The molecular weight excluding hydrogens is 382 g/mol. The van der Waals surface area contributed by atoms with Gasteiger partial charge in [0.15, 0.2) is 5.69 Å². The Kier molecular flexibility index (Phi) is 6.64. The summed E-state index contributed by atoms with van der Waals surface area (Å²) in [5.41, 5.74) is 1.31. The number of hydrogen-bond acceptors (Lipinski definition) is 5. The lowest BCUT2D eigenvalue weighted by Crippen LogP contribution is -2.53. The van der Waals surface area contributed by atoms with E-state index in [0.717, 1.165) is 69.4 Å². The third-order valence-corrected chi connectivity index (χ3v) is 6.38. The Morgan fingerprint density at radius 1 is 1.17 bits per heavy atom. The quantitative estimate of drug-likeness (QED) is 0.754. The SMILES string of the molecule is CC(=O)N1CCC(N(CCNC(=O)c2n[nH]c3ccccc23)C2CCOCC2)CC1. The molecule has 3 heterocycles. The lowest BCUT2D eigenvalue weighted by Gasteiger charge is -2.43. The Hall–Kier alpha value is -2.45. The van der Waals surface area contributed by atoms with Crippen LogP contribution in [0.15, 0.2) is 24.3 Å². The molecule has 0 atom stereocenters. The van der Waals surface area contributed by atoms with Crippen molar-refractivity contribution in [3.8, 4) is 0 Å².